The van der Waals surface area contributed by atoms with Crippen LogP contribution in [-0.4, -0.2) is 18.2 Å². The van der Waals surface area contributed by atoms with Gasteiger partial charge < -0.3 is 15.6 Å². The van der Waals surface area contributed by atoms with Gasteiger partial charge in [0, 0.05) is 0 Å². The van der Waals surface area contributed by atoms with Crippen molar-refractivity contribution in [3.63, 3.8) is 0 Å². The standard InChI is InChI=1S/C13H19NO3/c1-4-8(2)11(13(15)16)9-6-5-7-10(17-3)12(9)14/h5-8,11H,4,14H2,1-3H3,(H,15,16). The number of anilines is 1. The number of para-hydroxylation sites is 1. The smallest absolute Gasteiger partial charge is 0.311 e. The number of nitrogen functional groups attached to an aromatic ring is 1. The van der Waals surface area contributed by atoms with Gasteiger partial charge in [-0.3, -0.25) is 4.79 Å². The molecule has 4 heteroatoms. The fourth-order valence-corrected chi connectivity index (χ4v) is 1.93. The molecule has 0 bridgehead atoms. The highest BCUT2D eigenvalue weighted by Gasteiger charge is 2.28. The second kappa shape index (κ2) is 5.57. The number of rotatable bonds is 5. The lowest BCUT2D eigenvalue weighted by molar-refractivity contribution is -0.140. The maximum absolute atomic E-state index is 11.4. The molecular weight excluding hydrogens is 218 g/mol. The minimum Gasteiger partial charge on any atom is -0.495 e. The number of carboxylic acids is 1. The third-order valence-corrected chi connectivity index (χ3v) is 3.13. The molecule has 0 amide bonds. The minimum absolute atomic E-state index is 0.0295. The molecule has 0 fully saturated rings. The van der Waals surface area contributed by atoms with Crippen molar-refractivity contribution < 1.29 is 14.6 Å². The molecule has 94 valence electrons. The van der Waals surface area contributed by atoms with Gasteiger partial charge in [0.25, 0.3) is 0 Å². The lowest BCUT2D eigenvalue weighted by atomic mass is 9.84. The summed E-state index contributed by atoms with van der Waals surface area (Å²) in [5.74, 6) is -0.881. The fourth-order valence-electron chi connectivity index (χ4n) is 1.93. The van der Waals surface area contributed by atoms with Gasteiger partial charge in [0.15, 0.2) is 0 Å². The molecule has 0 aliphatic heterocycles. The topological polar surface area (TPSA) is 72.5 Å². The maximum atomic E-state index is 11.4. The van der Waals surface area contributed by atoms with Crippen molar-refractivity contribution in [1.29, 1.82) is 0 Å². The molecule has 1 aromatic carbocycles. The number of carbonyl (C=O) groups is 1. The summed E-state index contributed by atoms with van der Waals surface area (Å²) in [5, 5.41) is 9.32. The van der Waals surface area contributed by atoms with E-state index in [2.05, 4.69) is 0 Å². The molecule has 4 nitrogen and oxygen atoms in total. The van der Waals surface area contributed by atoms with E-state index in [0.717, 1.165) is 6.42 Å². The Kier molecular flexibility index (Phi) is 4.37. The lowest BCUT2D eigenvalue weighted by Gasteiger charge is -2.21. The van der Waals surface area contributed by atoms with Gasteiger partial charge in [0.2, 0.25) is 0 Å². The maximum Gasteiger partial charge on any atom is 0.311 e. The van der Waals surface area contributed by atoms with Crippen LogP contribution in [0.2, 0.25) is 0 Å². The van der Waals surface area contributed by atoms with E-state index in [1.165, 1.54) is 7.11 Å². The SMILES string of the molecule is CCC(C)C(C(=O)O)c1cccc(OC)c1N. The van der Waals surface area contributed by atoms with Crippen LogP contribution in [0.5, 0.6) is 5.75 Å². The summed E-state index contributed by atoms with van der Waals surface area (Å²) < 4.78 is 5.11. The summed E-state index contributed by atoms with van der Waals surface area (Å²) in [5.41, 5.74) is 6.99. The van der Waals surface area contributed by atoms with E-state index in [0.29, 0.717) is 17.0 Å². The van der Waals surface area contributed by atoms with Crippen molar-refractivity contribution in [1.82, 2.24) is 0 Å². The van der Waals surface area contributed by atoms with Gasteiger partial charge in [-0.05, 0) is 17.5 Å². The summed E-state index contributed by atoms with van der Waals surface area (Å²) in [4.78, 5) is 11.4. The van der Waals surface area contributed by atoms with E-state index in [4.69, 9.17) is 10.5 Å². The molecule has 2 unspecified atom stereocenters. The zero-order chi connectivity index (χ0) is 13.0. The molecule has 0 aromatic heterocycles. The second-order valence-corrected chi connectivity index (χ2v) is 4.16. The number of nitrogens with two attached hydrogens (primary N) is 1. The first-order valence-corrected chi connectivity index (χ1v) is 5.68. The molecule has 0 saturated heterocycles. The highest BCUT2D eigenvalue weighted by molar-refractivity contribution is 5.80. The van der Waals surface area contributed by atoms with Crippen molar-refractivity contribution in [2.75, 3.05) is 12.8 Å². The van der Waals surface area contributed by atoms with Crippen molar-refractivity contribution in [2.45, 2.75) is 26.2 Å². The number of ether oxygens (including phenoxy) is 1. The van der Waals surface area contributed by atoms with E-state index < -0.39 is 11.9 Å². The fraction of sp³-hybridized carbons (Fsp3) is 0.462. The molecule has 1 rings (SSSR count). The normalized spacial score (nSPS) is 14.1. The zero-order valence-corrected chi connectivity index (χ0v) is 10.4. The summed E-state index contributed by atoms with van der Waals surface area (Å²) in [6.45, 7) is 3.88. The molecule has 0 radical (unpaired) electrons. The van der Waals surface area contributed by atoms with Crippen LogP contribution in [-0.2, 0) is 4.79 Å². The summed E-state index contributed by atoms with van der Waals surface area (Å²) >= 11 is 0. The van der Waals surface area contributed by atoms with Crippen molar-refractivity contribution >= 4 is 11.7 Å². The highest BCUT2D eigenvalue weighted by atomic mass is 16.5. The monoisotopic (exact) mass is 237 g/mol. The third-order valence-electron chi connectivity index (χ3n) is 3.13. The minimum atomic E-state index is -0.848. The van der Waals surface area contributed by atoms with E-state index in [1.54, 1.807) is 18.2 Å². The molecule has 0 spiro atoms. The average molecular weight is 237 g/mol. The van der Waals surface area contributed by atoms with Crippen LogP contribution in [0.3, 0.4) is 0 Å². The Hall–Kier alpha value is -1.71. The number of hydrogen-bond acceptors (Lipinski definition) is 3. The number of carboxylic acid groups (broad SMARTS) is 1. The Balaban J connectivity index is 3.23. The van der Waals surface area contributed by atoms with Gasteiger partial charge in [-0.2, -0.15) is 0 Å². The largest absolute Gasteiger partial charge is 0.495 e. The molecule has 0 aliphatic rings. The molecule has 0 saturated carbocycles. The molecule has 17 heavy (non-hydrogen) atoms. The van der Waals surface area contributed by atoms with Gasteiger partial charge >= 0.3 is 5.97 Å². The summed E-state index contributed by atoms with van der Waals surface area (Å²) in [7, 11) is 1.52. The Labute approximate surface area is 101 Å². The van der Waals surface area contributed by atoms with Crippen molar-refractivity contribution in [3.05, 3.63) is 23.8 Å². The molecule has 3 N–H and O–H groups in total. The van der Waals surface area contributed by atoms with Crippen LogP contribution in [0, 0.1) is 5.92 Å². The predicted octanol–water partition coefficient (Wildman–Crippen LogP) is 2.49. The lowest BCUT2D eigenvalue weighted by Crippen LogP contribution is -2.20. The van der Waals surface area contributed by atoms with E-state index in [1.807, 2.05) is 13.8 Å². The van der Waals surface area contributed by atoms with Crippen LogP contribution < -0.4 is 10.5 Å². The molecule has 0 aliphatic carbocycles. The van der Waals surface area contributed by atoms with Crippen molar-refractivity contribution in [3.8, 4) is 5.75 Å². The van der Waals surface area contributed by atoms with E-state index in [9.17, 15) is 9.90 Å². The first kappa shape index (κ1) is 13.4. The van der Waals surface area contributed by atoms with Crippen molar-refractivity contribution in [2.24, 2.45) is 5.92 Å². The van der Waals surface area contributed by atoms with Crippen LogP contribution in [0.1, 0.15) is 31.7 Å². The molecule has 2 atom stereocenters. The third kappa shape index (κ3) is 2.70. The first-order valence-electron chi connectivity index (χ1n) is 5.68. The average Bonchev–Trinajstić information content (AvgIpc) is 2.31. The van der Waals surface area contributed by atoms with Gasteiger partial charge in [-0.1, -0.05) is 32.4 Å². The second-order valence-electron chi connectivity index (χ2n) is 4.16. The number of aliphatic carboxylic acids is 1. The Morgan fingerprint density at radius 2 is 2.18 bits per heavy atom. The first-order chi connectivity index (χ1) is 8.02. The number of benzene rings is 1. The Bertz CT molecular complexity index is 404. The zero-order valence-electron chi connectivity index (χ0n) is 10.4. The quantitative estimate of drug-likeness (QED) is 0.772. The highest BCUT2D eigenvalue weighted by Crippen LogP contribution is 2.35. The van der Waals surface area contributed by atoms with E-state index >= 15 is 0 Å². The molecule has 1 aromatic rings. The Morgan fingerprint density at radius 3 is 2.65 bits per heavy atom. The van der Waals surface area contributed by atoms with Gasteiger partial charge in [0.1, 0.15) is 5.75 Å². The van der Waals surface area contributed by atoms with Crippen LogP contribution in [0.15, 0.2) is 18.2 Å². The van der Waals surface area contributed by atoms with Crippen LogP contribution >= 0.6 is 0 Å². The van der Waals surface area contributed by atoms with Crippen LogP contribution in [0.4, 0.5) is 5.69 Å². The van der Waals surface area contributed by atoms with Crippen LogP contribution in [0.25, 0.3) is 0 Å². The molecular formula is C13H19NO3. The number of methoxy groups -OCH3 is 1. The predicted molar refractivity (Wildman–Crippen MR) is 67.2 cm³/mol. The van der Waals surface area contributed by atoms with Gasteiger partial charge in [-0.15, -0.1) is 0 Å². The van der Waals surface area contributed by atoms with Gasteiger partial charge in [-0.25, -0.2) is 0 Å². The van der Waals surface area contributed by atoms with Gasteiger partial charge in [0.05, 0.1) is 18.7 Å². The summed E-state index contributed by atoms with van der Waals surface area (Å²) in [6.07, 6.45) is 0.785. The Morgan fingerprint density at radius 1 is 1.53 bits per heavy atom. The number of hydrogen-bond donors (Lipinski definition) is 2. The molecule has 0 heterocycles. The van der Waals surface area contributed by atoms with E-state index in [-0.39, 0.29) is 5.92 Å². The summed E-state index contributed by atoms with van der Waals surface area (Å²) in [6, 6.07) is 5.25.